The molecule has 0 aromatic carbocycles. The molecular weight excluding hydrogens is 244 g/mol. The molecule has 5 heteroatoms. The van der Waals surface area contributed by atoms with Crippen LogP contribution in [-0.2, 0) is 9.59 Å². The molecule has 0 bridgehead atoms. The molecule has 1 aliphatic heterocycles. The van der Waals surface area contributed by atoms with E-state index in [2.05, 4.69) is 10.6 Å². The number of carbonyl (C=O) groups excluding carboxylic acids is 1. The van der Waals surface area contributed by atoms with Gasteiger partial charge >= 0.3 is 5.97 Å². The number of hydrogen-bond donors (Lipinski definition) is 3. The van der Waals surface area contributed by atoms with Gasteiger partial charge in [0.2, 0.25) is 5.91 Å². The second-order valence-electron chi connectivity index (χ2n) is 5.51. The third kappa shape index (κ3) is 7.82. The summed E-state index contributed by atoms with van der Waals surface area (Å²) in [5, 5.41) is 14.8. The van der Waals surface area contributed by atoms with Crippen LogP contribution in [0.3, 0.4) is 0 Å². The molecular formula is C14H26N2O3. The Morgan fingerprint density at radius 2 is 2.21 bits per heavy atom. The summed E-state index contributed by atoms with van der Waals surface area (Å²) in [5.41, 5.74) is 0. The standard InChI is InChI=1S/C14H26N2O3/c1-11(4-2-6-14(18)19)16-13(17)8-7-12-5-3-9-15-10-12/h11-12,15H,2-10H2,1H3,(H,16,17)(H,18,19). The van der Waals surface area contributed by atoms with Crippen LogP contribution < -0.4 is 10.6 Å². The van der Waals surface area contributed by atoms with E-state index in [1.165, 1.54) is 12.8 Å². The first-order valence-electron chi connectivity index (χ1n) is 7.30. The van der Waals surface area contributed by atoms with E-state index >= 15 is 0 Å². The summed E-state index contributed by atoms with van der Waals surface area (Å²) in [7, 11) is 0. The normalized spacial score (nSPS) is 20.8. The molecule has 19 heavy (non-hydrogen) atoms. The number of nitrogens with one attached hydrogen (secondary N) is 2. The number of carbonyl (C=O) groups is 2. The van der Waals surface area contributed by atoms with E-state index in [4.69, 9.17) is 5.11 Å². The average molecular weight is 270 g/mol. The Balaban J connectivity index is 2.07. The molecule has 0 aromatic heterocycles. The third-order valence-corrected chi connectivity index (χ3v) is 3.61. The zero-order valence-corrected chi connectivity index (χ0v) is 11.8. The smallest absolute Gasteiger partial charge is 0.303 e. The molecule has 1 rings (SSSR count). The summed E-state index contributed by atoms with van der Waals surface area (Å²) in [5.74, 6) is -0.0569. The van der Waals surface area contributed by atoms with E-state index in [-0.39, 0.29) is 18.4 Å². The van der Waals surface area contributed by atoms with Crippen LogP contribution in [0.15, 0.2) is 0 Å². The first kappa shape index (κ1) is 16.0. The van der Waals surface area contributed by atoms with Crippen molar-refractivity contribution >= 4 is 11.9 Å². The Hall–Kier alpha value is -1.10. The molecule has 0 saturated carbocycles. The number of carboxylic acids is 1. The van der Waals surface area contributed by atoms with Gasteiger partial charge in [0.25, 0.3) is 0 Å². The van der Waals surface area contributed by atoms with Gasteiger partial charge in [-0.3, -0.25) is 9.59 Å². The summed E-state index contributed by atoms with van der Waals surface area (Å²) in [6.45, 7) is 4.06. The lowest BCUT2D eigenvalue weighted by atomic mass is 9.94. The number of rotatable bonds is 8. The average Bonchev–Trinajstić information content (AvgIpc) is 2.37. The highest BCUT2D eigenvalue weighted by Crippen LogP contribution is 2.15. The highest BCUT2D eigenvalue weighted by atomic mass is 16.4. The number of carboxylic acid groups (broad SMARTS) is 1. The molecule has 110 valence electrons. The van der Waals surface area contributed by atoms with Crippen molar-refractivity contribution in [1.29, 1.82) is 0 Å². The fourth-order valence-corrected chi connectivity index (χ4v) is 2.48. The molecule has 1 heterocycles. The molecule has 1 fully saturated rings. The predicted octanol–water partition coefficient (Wildman–Crippen LogP) is 1.53. The Morgan fingerprint density at radius 1 is 1.42 bits per heavy atom. The highest BCUT2D eigenvalue weighted by molar-refractivity contribution is 5.76. The van der Waals surface area contributed by atoms with E-state index in [9.17, 15) is 9.59 Å². The van der Waals surface area contributed by atoms with Crippen molar-refractivity contribution in [3.8, 4) is 0 Å². The van der Waals surface area contributed by atoms with Gasteiger partial charge in [0.15, 0.2) is 0 Å². The molecule has 1 amide bonds. The third-order valence-electron chi connectivity index (χ3n) is 3.61. The van der Waals surface area contributed by atoms with Crippen LogP contribution in [0.1, 0.15) is 51.9 Å². The summed E-state index contributed by atoms with van der Waals surface area (Å²) < 4.78 is 0. The number of piperidine rings is 1. The largest absolute Gasteiger partial charge is 0.481 e. The molecule has 1 saturated heterocycles. The van der Waals surface area contributed by atoms with Crippen LogP contribution in [-0.4, -0.2) is 36.1 Å². The van der Waals surface area contributed by atoms with E-state index in [1.807, 2.05) is 6.92 Å². The van der Waals surface area contributed by atoms with Crippen LogP contribution in [0.5, 0.6) is 0 Å². The SMILES string of the molecule is CC(CCCC(=O)O)NC(=O)CCC1CCCNC1. The Bertz CT molecular complexity index is 288. The lowest BCUT2D eigenvalue weighted by molar-refractivity contribution is -0.137. The van der Waals surface area contributed by atoms with Crippen LogP contribution >= 0.6 is 0 Å². The van der Waals surface area contributed by atoms with Gasteiger partial charge in [-0.25, -0.2) is 0 Å². The Kier molecular flexibility index (Phi) is 7.48. The van der Waals surface area contributed by atoms with Crippen molar-refractivity contribution in [2.24, 2.45) is 5.92 Å². The van der Waals surface area contributed by atoms with E-state index in [0.29, 0.717) is 18.8 Å². The Labute approximate surface area is 115 Å². The fourth-order valence-electron chi connectivity index (χ4n) is 2.48. The van der Waals surface area contributed by atoms with Crippen LogP contribution in [0.25, 0.3) is 0 Å². The predicted molar refractivity (Wildman–Crippen MR) is 73.9 cm³/mol. The van der Waals surface area contributed by atoms with Crippen molar-refractivity contribution in [2.45, 2.75) is 57.9 Å². The van der Waals surface area contributed by atoms with Crippen LogP contribution in [0, 0.1) is 5.92 Å². The lowest BCUT2D eigenvalue weighted by Crippen LogP contribution is -2.34. The second kappa shape index (κ2) is 8.91. The maximum absolute atomic E-state index is 11.7. The van der Waals surface area contributed by atoms with E-state index in [0.717, 1.165) is 25.9 Å². The van der Waals surface area contributed by atoms with Gasteiger partial charge in [-0.05, 0) is 58.0 Å². The van der Waals surface area contributed by atoms with Gasteiger partial charge in [0.1, 0.15) is 0 Å². The zero-order valence-electron chi connectivity index (χ0n) is 11.8. The van der Waals surface area contributed by atoms with Gasteiger partial charge < -0.3 is 15.7 Å². The van der Waals surface area contributed by atoms with Crippen molar-refractivity contribution in [2.75, 3.05) is 13.1 Å². The molecule has 0 aliphatic carbocycles. The summed E-state index contributed by atoms with van der Waals surface area (Å²) in [4.78, 5) is 22.1. The topological polar surface area (TPSA) is 78.4 Å². The van der Waals surface area contributed by atoms with Crippen LogP contribution in [0.2, 0.25) is 0 Å². The molecule has 0 radical (unpaired) electrons. The van der Waals surface area contributed by atoms with Gasteiger partial charge in [-0.1, -0.05) is 0 Å². The zero-order chi connectivity index (χ0) is 14.1. The van der Waals surface area contributed by atoms with Gasteiger partial charge in [0.05, 0.1) is 0 Å². The first-order valence-corrected chi connectivity index (χ1v) is 7.30. The van der Waals surface area contributed by atoms with E-state index < -0.39 is 5.97 Å². The minimum atomic E-state index is -0.775. The Morgan fingerprint density at radius 3 is 2.84 bits per heavy atom. The summed E-state index contributed by atoms with van der Waals surface area (Å²) in [6.07, 6.45) is 5.46. The maximum atomic E-state index is 11.7. The van der Waals surface area contributed by atoms with Crippen molar-refractivity contribution in [1.82, 2.24) is 10.6 Å². The fraction of sp³-hybridized carbons (Fsp3) is 0.857. The lowest BCUT2D eigenvalue weighted by Gasteiger charge is -2.22. The molecule has 1 aliphatic rings. The maximum Gasteiger partial charge on any atom is 0.303 e. The first-order chi connectivity index (χ1) is 9.08. The number of amides is 1. The van der Waals surface area contributed by atoms with Crippen molar-refractivity contribution in [3.05, 3.63) is 0 Å². The highest BCUT2D eigenvalue weighted by Gasteiger charge is 2.15. The van der Waals surface area contributed by atoms with Gasteiger partial charge in [-0.2, -0.15) is 0 Å². The van der Waals surface area contributed by atoms with Gasteiger partial charge in [0, 0.05) is 18.9 Å². The van der Waals surface area contributed by atoms with Crippen molar-refractivity contribution < 1.29 is 14.7 Å². The number of hydrogen-bond acceptors (Lipinski definition) is 3. The minimum Gasteiger partial charge on any atom is -0.481 e. The van der Waals surface area contributed by atoms with E-state index in [1.54, 1.807) is 0 Å². The summed E-state index contributed by atoms with van der Waals surface area (Å²) >= 11 is 0. The second-order valence-corrected chi connectivity index (χ2v) is 5.51. The molecule has 3 N–H and O–H groups in total. The monoisotopic (exact) mass is 270 g/mol. The molecule has 2 atom stereocenters. The van der Waals surface area contributed by atoms with Crippen LogP contribution in [0.4, 0.5) is 0 Å². The minimum absolute atomic E-state index is 0.0660. The molecule has 0 aromatic rings. The number of aliphatic carboxylic acids is 1. The molecule has 5 nitrogen and oxygen atoms in total. The summed E-state index contributed by atoms with van der Waals surface area (Å²) in [6, 6.07) is 0.0660. The molecule has 2 unspecified atom stereocenters. The van der Waals surface area contributed by atoms with Gasteiger partial charge in [-0.15, -0.1) is 0 Å². The van der Waals surface area contributed by atoms with Crippen molar-refractivity contribution in [3.63, 3.8) is 0 Å². The quantitative estimate of drug-likeness (QED) is 0.625. The molecule has 0 spiro atoms.